The van der Waals surface area contributed by atoms with Gasteiger partial charge in [0.2, 0.25) is 10.0 Å². The molecule has 0 amide bonds. The van der Waals surface area contributed by atoms with Crippen molar-refractivity contribution in [2.24, 2.45) is 0 Å². The topological polar surface area (TPSA) is 67.6 Å². The van der Waals surface area contributed by atoms with Crippen molar-refractivity contribution in [2.75, 3.05) is 25.6 Å². The van der Waals surface area contributed by atoms with Crippen LogP contribution in [0.4, 0.5) is 0 Å². The van der Waals surface area contributed by atoms with Crippen molar-refractivity contribution in [2.45, 2.75) is 11.4 Å². The Morgan fingerprint density at radius 1 is 1.37 bits per heavy atom. The van der Waals surface area contributed by atoms with E-state index >= 15 is 0 Å². The van der Waals surface area contributed by atoms with Gasteiger partial charge in [0.1, 0.15) is 5.03 Å². The average molecular weight is 300 g/mol. The van der Waals surface area contributed by atoms with Crippen LogP contribution in [-0.2, 0) is 10.0 Å². The Bertz CT molecular complexity index is 652. The van der Waals surface area contributed by atoms with Crippen LogP contribution in [-0.4, -0.2) is 52.9 Å². The van der Waals surface area contributed by atoms with Crippen molar-refractivity contribution in [3.8, 4) is 0 Å². The average Bonchev–Trinajstić information content (AvgIpc) is 2.81. The number of nitrogens with zero attached hydrogens (tertiary/aromatic N) is 4. The number of hydrogen-bond acceptors (Lipinski definition) is 5. The number of aromatic nitrogens is 3. The van der Waals surface area contributed by atoms with Crippen molar-refractivity contribution >= 4 is 27.4 Å². The summed E-state index contributed by atoms with van der Waals surface area (Å²) in [7, 11) is 0.0112. The fraction of sp³-hybridized carbons (Fsp3) is 0.455. The predicted molar refractivity (Wildman–Crippen MR) is 75.8 cm³/mol. The van der Waals surface area contributed by atoms with Crippen LogP contribution in [0.3, 0.4) is 0 Å². The van der Waals surface area contributed by atoms with E-state index in [2.05, 4.69) is 10.1 Å². The van der Waals surface area contributed by atoms with E-state index < -0.39 is 10.0 Å². The molecule has 0 atom stereocenters. The van der Waals surface area contributed by atoms with Crippen LogP contribution in [0.1, 0.15) is 6.42 Å². The highest BCUT2D eigenvalue weighted by atomic mass is 32.2. The van der Waals surface area contributed by atoms with Crippen LogP contribution in [0.15, 0.2) is 29.6 Å². The Kier molecular flexibility index (Phi) is 4.43. The molecule has 0 spiro atoms. The molecule has 0 fully saturated rings. The minimum absolute atomic E-state index is 0.167. The van der Waals surface area contributed by atoms with Gasteiger partial charge < -0.3 is 0 Å². The highest BCUT2D eigenvalue weighted by Crippen LogP contribution is 2.16. The SMILES string of the molecule is CN(C)S(=O)(=O)CCCSc1ccc2nccn2n1. The van der Waals surface area contributed by atoms with Gasteiger partial charge in [-0.15, -0.1) is 11.8 Å². The number of thioether (sulfide) groups is 1. The second-order valence-corrected chi connectivity index (χ2v) is 7.62. The molecule has 0 N–H and O–H groups in total. The second kappa shape index (κ2) is 5.89. The Morgan fingerprint density at radius 3 is 2.89 bits per heavy atom. The summed E-state index contributed by atoms with van der Waals surface area (Å²) < 4.78 is 26.1. The predicted octanol–water partition coefficient (Wildman–Crippen LogP) is 1.10. The molecule has 2 rings (SSSR count). The summed E-state index contributed by atoms with van der Waals surface area (Å²) in [6.07, 6.45) is 4.09. The van der Waals surface area contributed by atoms with Gasteiger partial charge in [0, 0.05) is 32.2 Å². The number of hydrogen-bond donors (Lipinski definition) is 0. The molecule has 104 valence electrons. The smallest absolute Gasteiger partial charge is 0.213 e. The van der Waals surface area contributed by atoms with E-state index in [9.17, 15) is 8.42 Å². The molecule has 0 saturated heterocycles. The Balaban J connectivity index is 1.86. The fourth-order valence-corrected chi connectivity index (χ4v) is 3.34. The zero-order valence-corrected chi connectivity index (χ0v) is 12.5. The molecule has 0 bridgehead atoms. The first kappa shape index (κ1) is 14.3. The first-order chi connectivity index (χ1) is 8.99. The molecule has 0 radical (unpaired) electrons. The van der Waals surface area contributed by atoms with E-state index in [0.717, 1.165) is 16.4 Å². The number of rotatable bonds is 6. The molecule has 2 heterocycles. The van der Waals surface area contributed by atoms with E-state index in [1.807, 2.05) is 12.1 Å². The van der Waals surface area contributed by atoms with Crippen LogP contribution >= 0.6 is 11.8 Å². The van der Waals surface area contributed by atoms with Crippen LogP contribution in [0.25, 0.3) is 5.65 Å². The zero-order chi connectivity index (χ0) is 13.9. The van der Waals surface area contributed by atoms with Crippen molar-refractivity contribution in [1.82, 2.24) is 18.9 Å². The Morgan fingerprint density at radius 2 is 2.16 bits per heavy atom. The first-order valence-corrected chi connectivity index (χ1v) is 8.42. The minimum Gasteiger partial charge on any atom is -0.236 e. The maximum atomic E-state index is 11.6. The summed E-state index contributed by atoms with van der Waals surface area (Å²) in [6, 6.07) is 3.79. The third-order valence-electron chi connectivity index (χ3n) is 2.58. The highest BCUT2D eigenvalue weighted by Gasteiger charge is 2.12. The van der Waals surface area contributed by atoms with Gasteiger partial charge in [0.15, 0.2) is 5.65 Å². The number of fused-ring (bicyclic) bond motifs is 1. The molecular weight excluding hydrogens is 284 g/mol. The summed E-state index contributed by atoms with van der Waals surface area (Å²) in [5.74, 6) is 0.889. The summed E-state index contributed by atoms with van der Waals surface area (Å²) in [5, 5.41) is 5.23. The Hall–Kier alpha value is -1.12. The summed E-state index contributed by atoms with van der Waals surface area (Å²) in [4.78, 5) is 4.11. The molecule has 0 aliphatic heterocycles. The summed E-state index contributed by atoms with van der Waals surface area (Å²) in [5.41, 5.74) is 0.805. The molecule has 19 heavy (non-hydrogen) atoms. The minimum atomic E-state index is -3.09. The number of sulfonamides is 1. The van der Waals surface area contributed by atoms with Crippen LogP contribution < -0.4 is 0 Å². The van der Waals surface area contributed by atoms with Gasteiger partial charge >= 0.3 is 0 Å². The lowest BCUT2D eigenvalue weighted by atomic mass is 10.6. The lowest BCUT2D eigenvalue weighted by Crippen LogP contribution is -2.25. The molecule has 6 nitrogen and oxygen atoms in total. The largest absolute Gasteiger partial charge is 0.236 e. The maximum Gasteiger partial charge on any atom is 0.213 e. The molecule has 8 heteroatoms. The van der Waals surface area contributed by atoms with E-state index in [0.29, 0.717) is 6.42 Å². The fourth-order valence-electron chi connectivity index (χ4n) is 1.48. The first-order valence-electron chi connectivity index (χ1n) is 5.82. The molecular formula is C11H16N4O2S2. The van der Waals surface area contributed by atoms with E-state index in [1.54, 1.807) is 42.8 Å². The third-order valence-corrected chi connectivity index (χ3v) is 5.51. The molecule has 2 aromatic rings. The lowest BCUT2D eigenvalue weighted by Gasteiger charge is -2.10. The standard InChI is InChI=1S/C11H16N4O2S2/c1-14(2)19(16,17)9-3-8-18-11-5-4-10-12-6-7-15(10)13-11/h4-7H,3,8-9H2,1-2H3. The zero-order valence-electron chi connectivity index (χ0n) is 10.9. The van der Waals surface area contributed by atoms with Gasteiger partial charge in [-0.2, -0.15) is 5.10 Å². The molecule has 2 aromatic heterocycles. The Labute approximate surface area is 116 Å². The van der Waals surface area contributed by atoms with Crippen LogP contribution in [0.2, 0.25) is 0 Å². The van der Waals surface area contributed by atoms with Gasteiger partial charge in [-0.1, -0.05) is 0 Å². The van der Waals surface area contributed by atoms with Crippen LogP contribution in [0, 0.1) is 0 Å². The van der Waals surface area contributed by atoms with Crippen molar-refractivity contribution < 1.29 is 8.42 Å². The van der Waals surface area contributed by atoms with Gasteiger partial charge in [0.25, 0.3) is 0 Å². The monoisotopic (exact) mass is 300 g/mol. The second-order valence-electron chi connectivity index (χ2n) is 4.20. The van der Waals surface area contributed by atoms with Crippen LogP contribution in [0.5, 0.6) is 0 Å². The molecule has 0 aliphatic carbocycles. The lowest BCUT2D eigenvalue weighted by molar-refractivity contribution is 0.520. The van der Waals surface area contributed by atoms with Gasteiger partial charge in [-0.3, -0.25) is 0 Å². The molecule has 0 saturated carbocycles. The van der Waals surface area contributed by atoms with Gasteiger partial charge in [-0.25, -0.2) is 22.2 Å². The molecule has 0 aliphatic rings. The van der Waals surface area contributed by atoms with E-state index in [1.165, 1.54) is 4.31 Å². The van der Waals surface area contributed by atoms with E-state index in [-0.39, 0.29) is 5.75 Å². The molecule has 0 unspecified atom stereocenters. The van der Waals surface area contributed by atoms with Gasteiger partial charge in [-0.05, 0) is 18.6 Å². The quantitative estimate of drug-likeness (QED) is 0.590. The summed E-state index contributed by atoms with van der Waals surface area (Å²) in [6.45, 7) is 0. The molecule has 0 aromatic carbocycles. The third kappa shape index (κ3) is 3.68. The van der Waals surface area contributed by atoms with Crippen molar-refractivity contribution in [1.29, 1.82) is 0 Å². The van der Waals surface area contributed by atoms with Gasteiger partial charge in [0.05, 0.1) is 5.75 Å². The van der Waals surface area contributed by atoms with Crippen molar-refractivity contribution in [3.63, 3.8) is 0 Å². The van der Waals surface area contributed by atoms with Crippen molar-refractivity contribution in [3.05, 3.63) is 24.5 Å². The maximum absolute atomic E-state index is 11.6. The summed E-state index contributed by atoms with van der Waals surface area (Å²) >= 11 is 1.55. The number of imidazole rings is 1. The van der Waals surface area contributed by atoms with E-state index in [4.69, 9.17) is 0 Å². The normalized spacial score (nSPS) is 12.4. The highest BCUT2D eigenvalue weighted by molar-refractivity contribution is 7.99.